The van der Waals surface area contributed by atoms with Gasteiger partial charge >= 0.3 is 0 Å². The van der Waals surface area contributed by atoms with Crippen molar-refractivity contribution in [1.29, 1.82) is 0 Å². The molecule has 0 aromatic heterocycles. The van der Waals surface area contributed by atoms with E-state index in [0.29, 0.717) is 17.0 Å². The van der Waals surface area contributed by atoms with Gasteiger partial charge in [0.2, 0.25) is 0 Å². The third-order valence-corrected chi connectivity index (χ3v) is 5.44. The van der Waals surface area contributed by atoms with Gasteiger partial charge in [0, 0.05) is 6.04 Å². The predicted octanol–water partition coefficient (Wildman–Crippen LogP) is 5.15. The monoisotopic (exact) mass is 454 g/mol. The lowest BCUT2D eigenvalue weighted by Gasteiger charge is -2.15. The number of fused-ring (bicyclic) bond motifs is 1. The molecule has 1 unspecified atom stereocenters. The molecule has 0 aliphatic heterocycles. The van der Waals surface area contributed by atoms with Crippen molar-refractivity contribution in [2.75, 3.05) is 11.9 Å². The number of hydrogen-bond donors (Lipinski definition) is 2. The summed E-state index contributed by atoms with van der Waals surface area (Å²) < 4.78 is 6.50. The van der Waals surface area contributed by atoms with Crippen molar-refractivity contribution in [3.63, 3.8) is 0 Å². The highest BCUT2D eigenvalue weighted by atomic mass is 79.9. The summed E-state index contributed by atoms with van der Waals surface area (Å²) in [6.07, 6.45) is 0.828. The van der Waals surface area contributed by atoms with Gasteiger partial charge in [-0.3, -0.25) is 9.59 Å². The molecule has 0 spiro atoms. The number of anilines is 1. The van der Waals surface area contributed by atoms with E-state index in [0.717, 1.165) is 21.7 Å². The Morgan fingerprint density at radius 2 is 1.76 bits per heavy atom. The van der Waals surface area contributed by atoms with E-state index in [2.05, 4.69) is 26.6 Å². The smallest absolute Gasteiger partial charge is 0.262 e. The lowest BCUT2D eigenvalue weighted by molar-refractivity contribution is -0.118. The van der Waals surface area contributed by atoms with Crippen LogP contribution in [0, 0.1) is 0 Å². The molecule has 0 saturated carbocycles. The van der Waals surface area contributed by atoms with Gasteiger partial charge in [-0.2, -0.15) is 0 Å². The van der Waals surface area contributed by atoms with Crippen LogP contribution in [0.15, 0.2) is 65.1 Å². The first-order chi connectivity index (χ1) is 14.0. The Morgan fingerprint density at radius 1 is 1.03 bits per heavy atom. The van der Waals surface area contributed by atoms with Gasteiger partial charge in [-0.15, -0.1) is 0 Å². The summed E-state index contributed by atoms with van der Waals surface area (Å²) in [5.41, 5.74) is 0.882. The zero-order chi connectivity index (χ0) is 20.8. The van der Waals surface area contributed by atoms with Gasteiger partial charge in [-0.25, -0.2) is 0 Å². The Labute approximate surface area is 178 Å². The molecule has 0 aliphatic carbocycles. The first-order valence-electron chi connectivity index (χ1n) is 9.49. The Morgan fingerprint density at radius 3 is 2.55 bits per heavy atom. The summed E-state index contributed by atoms with van der Waals surface area (Å²) in [6.45, 7) is 3.77. The lowest BCUT2D eigenvalue weighted by atomic mass is 10.1. The molecule has 1 atom stereocenters. The molecule has 0 radical (unpaired) electrons. The number of amides is 2. The standard InChI is InChI=1S/C23H23BrN2O3/c1-3-15(2)25-23(28)18-10-6-7-11-19(18)26-21(27)14-29-20-13-12-16-8-4-5-9-17(16)22(20)24/h4-13,15H,3,14H2,1-2H3,(H,25,28)(H,26,27). The van der Waals surface area contributed by atoms with Crippen molar-refractivity contribution < 1.29 is 14.3 Å². The average Bonchev–Trinajstić information content (AvgIpc) is 2.73. The molecule has 29 heavy (non-hydrogen) atoms. The highest BCUT2D eigenvalue weighted by Gasteiger charge is 2.15. The highest BCUT2D eigenvalue weighted by Crippen LogP contribution is 2.33. The maximum Gasteiger partial charge on any atom is 0.262 e. The highest BCUT2D eigenvalue weighted by molar-refractivity contribution is 9.10. The van der Waals surface area contributed by atoms with Crippen LogP contribution in [0.5, 0.6) is 5.75 Å². The fourth-order valence-electron chi connectivity index (χ4n) is 2.85. The second-order valence-electron chi connectivity index (χ2n) is 6.76. The number of benzene rings is 3. The van der Waals surface area contributed by atoms with E-state index in [-0.39, 0.29) is 24.5 Å². The SMILES string of the molecule is CCC(C)NC(=O)c1ccccc1NC(=O)COc1ccc2ccccc2c1Br. The Balaban J connectivity index is 1.68. The molecule has 0 saturated heterocycles. The number of carbonyl (C=O) groups is 2. The summed E-state index contributed by atoms with van der Waals surface area (Å²) in [7, 11) is 0. The van der Waals surface area contributed by atoms with Gasteiger partial charge in [0.15, 0.2) is 6.61 Å². The van der Waals surface area contributed by atoms with Crippen LogP contribution >= 0.6 is 15.9 Å². The summed E-state index contributed by atoms with van der Waals surface area (Å²) in [6, 6.07) is 18.7. The molecule has 2 N–H and O–H groups in total. The fourth-order valence-corrected chi connectivity index (χ4v) is 3.46. The second kappa shape index (κ2) is 9.56. The molecule has 3 rings (SSSR count). The van der Waals surface area contributed by atoms with Gasteiger partial charge < -0.3 is 15.4 Å². The topological polar surface area (TPSA) is 67.4 Å². The summed E-state index contributed by atoms with van der Waals surface area (Å²) in [5.74, 6) is 0.0314. The molecule has 2 amide bonds. The Bertz CT molecular complexity index is 1040. The van der Waals surface area contributed by atoms with E-state index >= 15 is 0 Å². The van der Waals surface area contributed by atoms with E-state index < -0.39 is 0 Å². The molecular formula is C23H23BrN2O3. The van der Waals surface area contributed by atoms with Crippen LogP contribution < -0.4 is 15.4 Å². The number of carbonyl (C=O) groups excluding carboxylic acids is 2. The van der Waals surface area contributed by atoms with Crippen LogP contribution in [-0.4, -0.2) is 24.5 Å². The maximum absolute atomic E-state index is 12.5. The van der Waals surface area contributed by atoms with Gasteiger partial charge in [-0.05, 0) is 58.2 Å². The number of nitrogens with one attached hydrogen (secondary N) is 2. The Kier molecular flexibility index (Phi) is 6.88. The number of hydrogen-bond acceptors (Lipinski definition) is 3. The van der Waals surface area contributed by atoms with Crippen molar-refractivity contribution in [2.45, 2.75) is 26.3 Å². The molecule has 0 bridgehead atoms. The van der Waals surface area contributed by atoms with E-state index in [1.807, 2.05) is 50.2 Å². The Hall–Kier alpha value is -2.86. The normalized spacial score (nSPS) is 11.7. The van der Waals surface area contributed by atoms with E-state index in [1.54, 1.807) is 24.3 Å². The van der Waals surface area contributed by atoms with Crippen molar-refractivity contribution in [2.24, 2.45) is 0 Å². The van der Waals surface area contributed by atoms with E-state index in [1.165, 1.54) is 0 Å². The van der Waals surface area contributed by atoms with Crippen LogP contribution in [0.25, 0.3) is 10.8 Å². The largest absolute Gasteiger partial charge is 0.483 e. The van der Waals surface area contributed by atoms with Gasteiger partial charge in [-0.1, -0.05) is 49.4 Å². The number of rotatable bonds is 7. The lowest BCUT2D eigenvalue weighted by Crippen LogP contribution is -2.33. The minimum Gasteiger partial charge on any atom is -0.483 e. The molecule has 5 nitrogen and oxygen atoms in total. The zero-order valence-corrected chi connectivity index (χ0v) is 18.0. The molecule has 6 heteroatoms. The number of para-hydroxylation sites is 1. The second-order valence-corrected chi connectivity index (χ2v) is 7.56. The average molecular weight is 455 g/mol. The van der Waals surface area contributed by atoms with Crippen LogP contribution in [0.1, 0.15) is 30.6 Å². The van der Waals surface area contributed by atoms with Crippen LogP contribution in [0.2, 0.25) is 0 Å². The van der Waals surface area contributed by atoms with Crippen LogP contribution in [0.4, 0.5) is 5.69 Å². The first-order valence-corrected chi connectivity index (χ1v) is 10.3. The van der Waals surface area contributed by atoms with Gasteiger partial charge in [0.25, 0.3) is 11.8 Å². The molecule has 3 aromatic carbocycles. The van der Waals surface area contributed by atoms with Gasteiger partial charge in [0.05, 0.1) is 15.7 Å². The molecule has 3 aromatic rings. The number of ether oxygens (including phenoxy) is 1. The van der Waals surface area contributed by atoms with Gasteiger partial charge in [0.1, 0.15) is 5.75 Å². The quantitative estimate of drug-likeness (QED) is 0.518. The molecule has 0 aliphatic rings. The van der Waals surface area contributed by atoms with Crippen LogP contribution in [-0.2, 0) is 4.79 Å². The maximum atomic E-state index is 12.5. The molecule has 0 heterocycles. The molecular weight excluding hydrogens is 432 g/mol. The van der Waals surface area contributed by atoms with Crippen LogP contribution in [0.3, 0.4) is 0 Å². The third-order valence-electron chi connectivity index (χ3n) is 4.62. The molecule has 150 valence electrons. The van der Waals surface area contributed by atoms with Crippen molar-refractivity contribution >= 4 is 44.2 Å². The minimum atomic E-state index is -0.339. The first kappa shape index (κ1) is 20.9. The fraction of sp³-hybridized carbons (Fsp3) is 0.217. The summed E-state index contributed by atoms with van der Waals surface area (Å²) in [4.78, 5) is 24.9. The van der Waals surface area contributed by atoms with E-state index in [9.17, 15) is 9.59 Å². The van der Waals surface area contributed by atoms with Crippen molar-refractivity contribution in [3.8, 4) is 5.75 Å². The molecule has 0 fully saturated rings. The third kappa shape index (κ3) is 5.15. The van der Waals surface area contributed by atoms with Crippen molar-refractivity contribution in [1.82, 2.24) is 5.32 Å². The summed E-state index contributed by atoms with van der Waals surface area (Å²) in [5, 5.41) is 7.78. The predicted molar refractivity (Wildman–Crippen MR) is 119 cm³/mol. The minimum absolute atomic E-state index is 0.0554. The zero-order valence-electron chi connectivity index (χ0n) is 16.4. The number of halogens is 1. The van der Waals surface area contributed by atoms with Crippen molar-refractivity contribution in [3.05, 3.63) is 70.7 Å². The summed E-state index contributed by atoms with van der Waals surface area (Å²) >= 11 is 3.55. The van der Waals surface area contributed by atoms with E-state index in [4.69, 9.17) is 4.74 Å².